The fourth-order valence-electron chi connectivity index (χ4n) is 2.86. The molecule has 1 N–H and O–H groups in total. The predicted molar refractivity (Wildman–Crippen MR) is 77.6 cm³/mol. The molecule has 0 bridgehead atoms. The Morgan fingerprint density at radius 3 is 2.47 bits per heavy atom. The van der Waals surface area contributed by atoms with Gasteiger partial charge in [-0.2, -0.15) is 5.10 Å². The molecule has 0 atom stereocenters. The fraction of sp³-hybridized carbons (Fsp3) is 0.400. The van der Waals surface area contributed by atoms with Gasteiger partial charge in [0.15, 0.2) is 0 Å². The Morgan fingerprint density at radius 2 is 2.00 bits per heavy atom. The van der Waals surface area contributed by atoms with E-state index in [1.165, 1.54) is 11.1 Å². The molecule has 100 valence electrons. The maximum Gasteiger partial charge on any atom is 0.130 e. The largest absolute Gasteiger partial charge is 0.315 e. The first-order chi connectivity index (χ1) is 9.12. The number of hydrogen-bond acceptors (Lipinski definition) is 2. The number of benzene rings is 1. The molecule has 0 spiro atoms. The SMILES string of the molecule is Cc1nn(C)c(Cl)c1CC1(c2ccccc2)CNC1. The lowest BCUT2D eigenvalue weighted by Gasteiger charge is -2.43. The molecule has 1 aliphatic heterocycles. The minimum absolute atomic E-state index is 0.165. The van der Waals surface area contributed by atoms with Crippen LogP contribution >= 0.6 is 11.6 Å². The molecular formula is C15H18ClN3. The zero-order valence-corrected chi connectivity index (χ0v) is 12.0. The fourth-order valence-corrected chi connectivity index (χ4v) is 3.10. The number of halogens is 1. The van der Waals surface area contributed by atoms with Gasteiger partial charge in [-0.3, -0.25) is 4.68 Å². The van der Waals surface area contributed by atoms with Crippen LogP contribution in [0.15, 0.2) is 30.3 Å². The van der Waals surface area contributed by atoms with Gasteiger partial charge in [-0.05, 0) is 18.9 Å². The molecule has 2 heterocycles. The molecule has 0 unspecified atom stereocenters. The minimum atomic E-state index is 0.165. The number of nitrogens with zero attached hydrogens (tertiary/aromatic N) is 2. The summed E-state index contributed by atoms with van der Waals surface area (Å²) < 4.78 is 1.76. The van der Waals surface area contributed by atoms with E-state index in [4.69, 9.17) is 11.6 Å². The summed E-state index contributed by atoms with van der Waals surface area (Å²) in [7, 11) is 1.90. The third-order valence-corrected chi connectivity index (χ3v) is 4.57. The molecule has 0 amide bonds. The standard InChI is InChI=1S/C15H18ClN3/c1-11-13(14(16)19(2)18-11)8-15(9-17-10-15)12-6-4-3-5-7-12/h3-7,17H,8-10H2,1-2H3. The van der Waals surface area contributed by atoms with Crippen LogP contribution < -0.4 is 5.32 Å². The van der Waals surface area contributed by atoms with Gasteiger partial charge in [0.1, 0.15) is 5.15 Å². The van der Waals surface area contributed by atoms with Gasteiger partial charge in [0, 0.05) is 31.1 Å². The molecule has 0 saturated carbocycles. The maximum atomic E-state index is 6.37. The highest BCUT2D eigenvalue weighted by Crippen LogP contribution is 2.35. The van der Waals surface area contributed by atoms with E-state index in [9.17, 15) is 0 Å². The van der Waals surface area contributed by atoms with Gasteiger partial charge in [-0.15, -0.1) is 0 Å². The van der Waals surface area contributed by atoms with Crippen molar-refractivity contribution in [3.63, 3.8) is 0 Å². The Balaban J connectivity index is 1.96. The van der Waals surface area contributed by atoms with E-state index in [-0.39, 0.29) is 5.41 Å². The molecule has 3 nitrogen and oxygen atoms in total. The first kappa shape index (κ1) is 12.7. The van der Waals surface area contributed by atoms with Crippen molar-refractivity contribution >= 4 is 11.6 Å². The number of nitrogens with one attached hydrogen (secondary N) is 1. The van der Waals surface area contributed by atoms with Gasteiger partial charge in [-0.25, -0.2) is 0 Å². The summed E-state index contributed by atoms with van der Waals surface area (Å²) in [5.41, 5.74) is 3.76. The number of hydrogen-bond donors (Lipinski definition) is 1. The molecule has 19 heavy (non-hydrogen) atoms. The molecule has 1 fully saturated rings. The Labute approximate surface area is 118 Å². The minimum Gasteiger partial charge on any atom is -0.315 e. The number of rotatable bonds is 3. The average molecular weight is 276 g/mol. The normalized spacial score (nSPS) is 17.2. The van der Waals surface area contributed by atoms with Crippen LogP contribution in [0.2, 0.25) is 5.15 Å². The van der Waals surface area contributed by atoms with Gasteiger partial charge < -0.3 is 5.32 Å². The average Bonchev–Trinajstić information content (AvgIpc) is 2.60. The first-order valence-electron chi connectivity index (χ1n) is 6.57. The summed E-state index contributed by atoms with van der Waals surface area (Å²) in [6, 6.07) is 10.7. The van der Waals surface area contributed by atoms with Crippen LogP contribution in [0.3, 0.4) is 0 Å². The topological polar surface area (TPSA) is 29.9 Å². The maximum absolute atomic E-state index is 6.37. The predicted octanol–water partition coefficient (Wildman–Crippen LogP) is 2.47. The van der Waals surface area contributed by atoms with Crippen molar-refractivity contribution in [2.75, 3.05) is 13.1 Å². The third-order valence-electron chi connectivity index (χ3n) is 4.10. The van der Waals surface area contributed by atoms with Gasteiger partial charge in [0.05, 0.1) is 5.69 Å². The van der Waals surface area contributed by atoms with Gasteiger partial charge in [0.25, 0.3) is 0 Å². The first-order valence-corrected chi connectivity index (χ1v) is 6.94. The van der Waals surface area contributed by atoms with E-state index in [1.54, 1.807) is 4.68 Å². The molecule has 1 aromatic heterocycles. The Morgan fingerprint density at radius 1 is 1.32 bits per heavy atom. The summed E-state index contributed by atoms with van der Waals surface area (Å²) in [4.78, 5) is 0. The lowest BCUT2D eigenvalue weighted by atomic mass is 9.71. The monoisotopic (exact) mass is 275 g/mol. The molecular weight excluding hydrogens is 258 g/mol. The summed E-state index contributed by atoms with van der Waals surface area (Å²) in [6.07, 6.45) is 0.947. The Kier molecular flexibility index (Phi) is 3.11. The van der Waals surface area contributed by atoms with Crippen molar-refractivity contribution in [1.82, 2.24) is 15.1 Å². The van der Waals surface area contributed by atoms with Crippen molar-refractivity contribution in [3.8, 4) is 0 Å². The smallest absolute Gasteiger partial charge is 0.130 e. The van der Waals surface area contributed by atoms with E-state index in [1.807, 2.05) is 14.0 Å². The van der Waals surface area contributed by atoms with Crippen LogP contribution in [0.25, 0.3) is 0 Å². The lowest BCUT2D eigenvalue weighted by Crippen LogP contribution is -2.58. The molecule has 3 rings (SSSR count). The van der Waals surface area contributed by atoms with Crippen molar-refractivity contribution in [2.45, 2.75) is 18.8 Å². The van der Waals surface area contributed by atoms with Crippen LogP contribution in [0.5, 0.6) is 0 Å². The molecule has 4 heteroatoms. The highest BCUT2D eigenvalue weighted by Gasteiger charge is 2.39. The van der Waals surface area contributed by atoms with E-state index in [2.05, 4.69) is 40.7 Å². The summed E-state index contributed by atoms with van der Waals surface area (Å²) in [5.74, 6) is 0. The van der Waals surface area contributed by atoms with Crippen LogP contribution in [-0.4, -0.2) is 22.9 Å². The zero-order chi connectivity index (χ0) is 13.5. The van der Waals surface area contributed by atoms with E-state index in [0.29, 0.717) is 0 Å². The second kappa shape index (κ2) is 4.66. The van der Waals surface area contributed by atoms with Gasteiger partial charge in [0.2, 0.25) is 0 Å². The third kappa shape index (κ3) is 2.07. The lowest BCUT2D eigenvalue weighted by molar-refractivity contribution is 0.274. The van der Waals surface area contributed by atoms with Crippen LogP contribution in [0.4, 0.5) is 0 Å². The van der Waals surface area contributed by atoms with E-state index < -0.39 is 0 Å². The summed E-state index contributed by atoms with van der Waals surface area (Å²) in [5, 5.41) is 8.57. The van der Waals surface area contributed by atoms with E-state index >= 15 is 0 Å². The van der Waals surface area contributed by atoms with Crippen molar-refractivity contribution in [1.29, 1.82) is 0 Å². The second-order valence-electron chi connectivity index (χ2n) is 5.41. The number of aromatic nitrogens is 2. The van der Waals surface area contributed by atoms with Gasteiger partial charge >= 0.3 is 0 Å². The van der Waals surface area contributed by atoms with Crippen molar-refractivity contribution in [3.05, 3.63) is 52.3 Å². The van der Waals surface area contributed by atoms with E-state index in [0.717, 1.165) is 30.4 Å². The molecule has 1 saturated heterocycles. The highest BCUT2D eigenvalue weighted by molar-refractivity contribution is 6.30. The summed E-state index contributed by atoms with van der Waals surface area (Å²) >= 11 is 6.37. The summed E-state index contributed by atoms with van der Waals surface area (Å²) in [6.45, 7) is 4.04. The molecule has 0 aliphatic carbocycles. The molecule has 1 aliphatic rings. The highest BCUT2D eigenvalue weighted by atomic mass is 35.5. The molecule has 1 aromatic carbocycles. The van der Waals surface area contributed by atoms with Crippen molar-refractivity contribution in [2.24, 2.45) is 7.05 Å². The second-order valence-corrected chi connectivity index (χ2v) is 5.76. The zero-order valence-electron chi connectivity index (χ0n) is 11.3. The van der Waals surface area contributed by atoms with Crippen molar-refractivity contribution < 1.29 is 0 Å². The quantitative estimate of drug-likeness (QED) is 0.933. The Bertz CT molecular complexity index is 585. The Hall–Kier alpha value is -1.32. The molecule has 2 aromatic rings. The van der Waals surface area contributed by atoms with Crippen LogP contribution in [0, 0.1) is 6.92 Å². The van der Waals surface area contributed by atoms with Gasteiger partial charge in [-0.1, -0.05) is 41.9 Å². The van der Waals surface area contributed by atoms with Crippen LogP contribution in [-0.2, 0) is 18.9 Å². The van der Waals surface area contributed by atoms with Crippen LogP contribution in [0.1, 0.15) is 16.8 Å². The number of aryl methyl sites for hydroxylation is 2. The molecule has 0 radical (unpaired) electrons.